The summed E-state index contributed by atoms with van der Waals surface area (Å²) >= 11 is 0. The summed E-state index contributed by atoms with van der Waals surface area (Å²) in [5.41, 5.74) is -0.169. The van der Waals surface area contributed by atoms with Gasteiger partial charge in [-0.1, -0.05) is 0 Å². The van der Waals surface area contributed by atoms with Gasteiger partial charge < -0.3 is 15.2 Å². The van der Waals surface area contributed by atoms with Crippen LogP contribution in [-0.4, -0.2) is 30.2 Å². The predicted octanol–water partition coefficient (Wildman–Crippen LogP) is 1.89. The first kappa shape index (κ1) is 13.5. The molecule has 0 spiro atoms. The average Bonchev–Trinajstić information content (AvgIpc) is 2.39. The summed E-state index contributed by atoms with van der Waals surface area (Å²) < 4.78 is 18.6. The fourth-order valence-electron chi connectivity index (χ4n) is 1.96. The number of ether oxygens (including phenoxy) is 1. The fraction of sp³-hybridized carbons (Fsp3) is 0.385. The molecule has 19 heavy (non-hydrogen) atoms. The van der Waals surface area contributed by atoms with Gasteiger partial charge in [0.1, 0.15) is 5.82 Å². The lowest BCUT2D eigenvalue weighted by atomic mass is 10.0. The molecular weight excluding hydrogens is 253 g/mol. The quantitative estimate of drug-likeness (QED) is 0.876. The number of carboxylic acids is 1. The number of carbonyl (C=O) groups excluding carboxylic acids is 1. The molecule has 6 heteroatoms. The zero-order valence-corrected chi connectivity index (χ0v) is 10.2. The molecule has 0 radical (unpaired) electrons. The van der Waals surface area contributed by atoms with Crippen LogP contribution in [0.4, 0.5) is 10.1 Å². The first-order valence-electron chi connectivity index (χ1n) is 5.99. The van der Waals surface area contributed by atoms with Gasteiger partial charge in [-0.2, -0.15) is 0 Å². The Kier molecular flexibility index (Phi) is 4.11. The van der Waals surface area contributed by atoms with Gasteiger partial charge in [0.05, 0.1) is 18.1 Å². The second-order valence-corrected chi connectivity index (χ2v) is 4.40. The number of aromatic carboxylic acids is 1. The molecule has 1 aromatic rings. The molecule has 1 aromatic carbocycles. The van der Waals surface area contributed by atoms with Gasteiger partial charge in [0, 0.05) is 12.3 Å². The van der Waals surface area contributed by atoms with Gasteiger partial charge in [-0.05, 0) is 31.0 Å². The molecule has 1 heterocycles. The van der Waals surface area contributed by atoms with Crippen molar-refractivity contribution in [1.82, 2.24) is 0 Å². The zero-order valence-electron chi connectivity index (χ0n) is 10.2. The third-order valence-corrected chi connectivity index (χ3v) is 3.00. The Morgan fingerprint density at radius 3 is 2.79 bits per heavy atom. The van der Waals surface area contributed by atoms with Gasteiger partial charge in [-0.15, -0.1) is 0 Å². The SMILES string of the molecule is O=C(O)c1ccc(NC(=O)C2CCCOC2)cc1F. The van der Waals surface area contributed by atoms with Crippen molar-refractivity contribution in [3.8, 4) is 0 Å². The minimum atomic E-state index is -1.34. The lowest BCUT2D eigenvalue weighted by molar-refractivity contribution is -0.123. The number of benzene rings is 1. The van der Waals surface area contributed by atoms with E-state index in [0.717, 1.165) is 25.0 Å². The number of nitrogens with one attached hydrogen (secondary N) is 1. The van der Waals surface area contributed by atoms with Gasteiger partial charge in [-0.3, -0.25) is 4.79 Å². The van der Waals surface area contributed by atoms with E-state index in [0.29, 0.717) is 13.2 Å². The minimum Gasteiger partial charge on any atom is -0.478 e. The van der Waals surface area contributed by atoms with E-state index in [-0.39, 0.29) is 17.5 Å². The number of rotatable bonds is 3. The normalized spacial score (nSPS) is 18.9. The molecule has 1 unspecified atom stereocenters. The molecule has 0 saturated carbocycles. The largest absolute Gasteiger partial charge is 0.478 e. The minimum absolute atomic E-state index is 0.234. The summed E-state index contributed by atoms with van der Waals surface area (Å²) in [4.78, 5) is 22.5. The molecule has 102 valence electrons. The zero-order chi connectivity index (χ0) is 13.8. The number of amides is 1. The summed E-state index contributed by atoms with van der Waals surface area (Å²) in [6, 6.07) is 3.50. The van der Waals surface area contributed by atoms with Gasteiger partial charge in [0.25, 0.3) is 0 Å². The maximum atomic E-state index is 13.4. The van der Waals surface area contributed by atoms with E-state index in [2.05, 4.69) is 5.32 Å². The summed E-state index contributed by atoms with van der Waals surface area (Å²) in [7, 11) is 0. The lowest BCUT2D eigenvalue weighted by Gasteiger charge is -2.21. The second-order valence-electron chi connectivity index (χ2n) is 4.40. The highest BCUT2D eigenvalue weighted by molar-refractivity contribution is 5.94. The van der Waals surface area contributed by atoms with Crippen LogP contribution in [-0.2, 0) is 9.53 Å². The second kappa shape index (κ2) is 5.79. The molecule has 1 amide bonds. The van der Waals surface area contributed by atoms with Crippen molar-refractivity contribution in [2.75, 3.05) is 18.5 Å². The number of hydrogen-bond acceptors (Lipinski definition) is 3. The smallest absolute Gasteiger partial charge is 0.338 e. The van der Waals surface area contributed by atoms with Crippen molar-refractivity contribution in [3.63, 3.8) is 0 Å². The summed E-state index contributed by atoms with van der Waals surface area (Å²) in [5, 5.41) is 11.3. The first-order chi connectivity index (χ1) is 9.08. The molecule has 1 fully saturated rings. The van der Waals surface area contributed by atoms with E-state index in [4.69, 9.17) is 9.84 Å². The van der Waals surface area contributed by atoms with Gasteiger partial charge >= 0.3 is 5.97 Å². The average molecular weight is 267 g/mol. The van der Waals surface area contributed by atoms with Crippen LogP contribution >= 0.6 is 0 Å². The molecule has 1 atom stereocenters. The molecule has 1 aliphatic rings. The summed E-state index contributed by atoms with van der Waals surface area (Å²) in [6.45, 7) is 1.02. The number of hydrogen-bond donors (Lipinski definition) is 2. The summed E-state index contributed by atoms with van der Waals surface area (Å²) in [6.07, 6.45) is 1.56. The monoisotopic (exact) mass is 267 g/mol. The van der Waals surface area contributed by atoms with Crippen LogP contribution in [0.25, 0.3) is 0 Å². The van der Waals surface area contributed by atoms with Crippen LogP contribution in [0.2, 0.25) is 0 Å². The van der Waals surface area contributed by atoms with Crippen LogP contribution in [0, 0.1) is 11.7 Å². The van der Waals surface area contributed by atoms with E-state index in [1.807, 2.05) is 0 Å². The highest BCUT2D eigenvalue weighted by atomic mass is 19.1. The van der Waals surface area contributed by atoms with Crippen molar-refractivity contribution < 1.29 is 23.8 Å². The number of anilines is 1. The first-order valence-corrected chi connectivity index (χ1v) is 5.99. The van der Waals surface area contributed by atoms with E-state index < -0.39 is 17.3 Å². The molecule has 0 aromatic heterocycles. The third kappa shape index (κ3) is 3.29. The maximum absolute atomic E-state index is 13.4. The third-order valence-electron chi connectivity index (χ3n) is 3.00. The van der Waals surface area contributed by atoms with Crippen molar-refractivity contribution in [3.05, 3.63) is 29.6 Å². The predicted molar refractivity (Wildman–Crippen MR) is 65.5 cm³/mol. The van der Waals surface area contributed by atoms with Crippen LogP contribution in [0.5, 0.6) is 0 Å². The Balaban J connectivity index is 2.04. The molecule has 2 N–H and O–H groups in total. The molecule has 1 aliphatic heterocycles. The van der Waals surface area contributed by atoms with Crippen molar-refractivity contribution in [2.24, 2.45) is 5.92 Å². The van der Waals surface area contributed by atoms with Crippen LogP contribution in [0.3, 0.4) is 0 Å². The molecule has 1 saturated heterocycles. The molecule has 0 aliphatic carbocycles. The molecular formula is C13H14FNO4. The lowest BCUT2D eigenvalue weighted by Crippen LogP contribution is -2.30. The van der Waals surface area contributed by atoms with E-state index in [9.17, 15) is 14.0 Å². The number of carboxylic acid groups (broad SMARTS) is 1. The standard InChI is InChI=1S/C13H14FNO4/c14-11-6-9(3-4-10(11)13(17)18)15-12(16)8-2-1-5-19-7-8/h3-4,6,8H,1-2,5,7H2,(H,15,16)(H,17,18). The van der Waals surface area contributed by atoms with Crippen molar-refractivity contribution in [2.45, 2.75) is 12.8 Å². The molecule has 0 bridgehead atoms. The highest BCUT2D eigenvalue weighted by Gasteiger charge is 2.22. The Morgan fingerprint density at radius 2 is 2.21 bits per heavy atom. The Bertz CT molecular complexity index is 497. The van der Waals surface area contributed by atoms with E-state index >= 15 is 0 Å². The molecule has 5 nitrogen and oxygen atoms in total. The van der Waals surface area contributed by atoms with E-state index in [1.165, 1.54) is 6.07 Å². The van der Waals surface area contributed by atoms with Crippen molar-refractivity contribution >= 4 is 17.6 Å². The van der Waals surface area contributed by atoms with Crippen LogP contribution in [0.15, 0.2) is 18.2 Å². The van der Waals surface area contributed by atoms with Crippen LogP contribution < -0.4 is 5.32 Å². The Morgan fingerprint density at radius 1 is 1.42 bits per heavy atom. The highest BCUT2D eigenvalue weighted by Crippen LogP contribution is 2.18. The van der Waals surface area contributed by atoms with Gasteiger partial charge in [0.15, 0.2) is 0 Å². The van der Waals surface area contributed by atoms with Crippen LogP contribution in [0.1, 0.15) is 23.2 Å². The van der Waals surface area contributed by atoms with E-state index in [1.54, 1.807) is 0 Å². The number of carbonyl (C=O) groups is 2. The molecule has 2 rings (SSSR count). The topological polar surface area (TPSA) is 75.6 Å². The Labute approximate surface area is 109 Å². The summed E-state index contributed by atoms with van der Waals surface area (Å²) in [5.74, 6) is -2.68. The van der Waals surface area contributed by atoms with Gasteiger partial charge in [0.2, 0.25) is 5.91 Å². The van der Waals surface area contributed by atoms with Crippen molar-refractivity contribution in [1.29, 1.82) is 0 Å². The Hall–Kier alpha value is -1.95. The fourth-order valence-corrected chi connectivity index (χ4v) is 1.96. The van der Waals surface area contributed by atoms with Gasteiger partial charge in [-0.25, -0.2) is 9.18 Å². The maximum Gasteiger partial charge on any atom is 0.338 e. The number of halogens is 1.